The van der Waals surface area contributed by atoms with Gasteiger partial charge in [0.25, 0.3) is 0 Å². The van der Waals surface area contributed by atoms with E-state index in [1.165, 1.54) is 0 Å². The first-order chi connectivity index (χ1) is 9.08. The predicted molar refractivity (Wildman–Crippen MR) is 68.9 cm³/mol. The zero-order valence-corrected chi connectivity index (χ0v) is 11.4. The molecule has 1 unspecified atom stereocenters. The molecule has 2 heterocycles. The molecule has 2 fully saturated rings. The Balaban J connectivity index is 1.78. The SMILES string of the molecule is CN(CC1CCCO1)C(=O)N1CCC(C(=O)O)CC1. The van der Waals surface area contributed by atoms with Crippen LogP contribution in [0.25, 0.3) is 0 Å². The third-order valence-electron chi connectivity index (χ3n) is 3.94. The summed E-state index contributed by atoms with van der Waals surface area (Å²) in [6.07, 6.45) is 3.34. The fourth-order valence-corrected chi connectivity index (χ4v) is 2.73. The van der Waals surface area contributed by atoms with Gasteiger partial charge in [-0.25, -0.2) is 4.79 Å². The minimum atomic E-state index is -0.750. The molecule has 1 N–H and O–H groups in total. The zero-order valence-electron chi connectivity index (χ0n) is 11.4. The Morgan fingerprint density at radius 2 is 2.00 bits per heavy atom. The average Bonchev–Trinajstić information content (AvgIpc) is 2.90. The Morgan fingerprint density at radius 1 is 1.32 bits per heavy atom. The predicted octanol–water partition coefficient (Wildman–Crippen LogP) is 1.01. The number of carbonyl (C=O) groups excluding carboxylic acids is 1. The second kappa shape index (κ2) is 6.23. The summed E-state index contributed by atoms with van der Waals surface area (Å²) in [6.45, 7) is 2.48. The number of ether oxygens (including phenoxy) is 1. The molecule has 19 heavy (non-hydrogen) atoms. The molecule has 2 rings (SSSR count). The van der Waals surface area contributed by atoms with Crippen molar-refractivity contribution in [3.05, 3.63) is 0 Å². The van der Waals surface area contributed by atoms with Crippen molar-refractivity contribution < 1.29 is 19.4 Å². The summed E-state index contributed by atoms with van der Waals surface area (Å²) in [5, 5.41) is 8.93. The normalized spacial score (nSPS) is 24.5. The van der Waals surface area contributed by atoms with Gasteiger partial charge in [0.05, 0.1) is 12.0 Å². The quantitative estimate of drug-likeness (QED) is 0.831. The van der Waals surface area contributed by atoms with E-state index in [-0.39, 0.29) is 18.1 Å². The number of piperidine rings is 1. The molecule has 6 nitrogen and oxygen atoms in total. The third-order valence-corrected chi connectivity index (χ3v) is 3.94. The van der Waals surface area contributed by atoms with Gasteiger partial charge in [-0.15, -0.1) is 0 Å². The topological polar surface area (TPSA) is 70.1 Å². The lowest BCUT2D eigenvalue weighted by Crippen LogP contribution is -2.47. The number of nitrogens with zero attached hydrogens (tertiary/aromatic N) is 2. The number of carboxylic acid groups (broad SMARTS) is 1. The maximum atomic E-state index is 12.2. The van der Waals surface area contributed by atoms with Crippen molar-refractivity contribution in [1.29, 1.82) is 0 Å². The molecule has 0 saturated carbocycles. The van der Waals surface area contributed by atoms with E-state index in [1.807, 2.05) is 0 Å². The molecule has 2 aliphatic rings. The van der Waals surface area contributed by atoms with E-state index in [2.05, 4.69) is 0 Å². The van der Waals surface area contributed by atoms with Gasteiger partial charge in [0.1, 0.15) is 0 Å². The van der Waals surface area contributed by atoms with Crippen LogP contribution in [0.3, 0.4) is 0 Å². The van der Waals surface area contributed by atoms with E-state index in [0.29, 0.717) is 32.5 Å². The van der Waals surface area contributed by atoms with Crippen LogP contribution in [-0.4, -0.2) is 66.3 Å². The molecular formula is C13H22N2O4. The molecular weight excluding hydrogens is 248 g/mol. The molecule has 0 aromatic heterocycles. The molecule has 0 bridgehead atoms. The summed E-state index contributed by atoms with van der Waals surface area (Å²) in [6, 6.07) is -0.0145. The van der Waals surface area contributed by atoms with Crippen molar-refractivity contribution >= 4 is 12.0 Å². The number of carbonyl (C=O) groups is 2. The van der Waals surface area contributed by atoms with Crippen LogP contribution in [0, 0.1) is 5.92 Å². The maximum Gasteiger partial charge on any atom is 0.319 e. The number of likely N-dealkylation sites (N-methyl/N-ethyl adjacent to an activating group) is 1. The highest BCUT2D eigenvalue weighted by Crippen LogP contribution is 2.19. The number of urea groups is 1. The van der Waals surface area contributed by atoms with Crippen molar-refractivity contribution in [3.63, 3.8) is 0 Å². The molecule has 0 aromatic rings. The molecule has 0 aromatic carbocycles. The first-order valence-electron chi connectivity index (χ1n) is 6.92. The van der Waals surface area contributed by atoms with Crippen molar-refractivity contribution in [2.75, 3.05) is 33.3 Å². The van der Waals surface area contributed by atoms with E-state index in [0.717, 1.165) is 19.4 Å². The van der Waals surface area contributed by atoms with Crippen molar-refractivity contribution in [1.82, 2.24) is 9.80 Å². The zero-order chi connectivity index (χ0) is 13.8. The minimum absolute atomic E-state index is 0.0145. The van der Waals surface area contributed by atoms with Crippen LogP contribution in [0.15, 0.2) is 0 Å². The Labute approximate surface area is 113 Å². The Bertz CT molecular complexity index is 334. The van der Waals surface area contributed by atoms with Gasteiger partial charge in [-0.1, -0.05) is 0 Å². The highest BCUT2D eigenvalue weighted by Gasteiger charge is 2.29. The monoisotopic (exact) mass is 270 g/mol. The van der Waals surface area contributed by atoms with Gasteiger partial charge in [0.2, 0.25) is 0 Å². The van der Waals surface area contributed by atoms with Gasteiger partial charge in [-0.3, -0.25) is 4.79 Å². The lowest BCUT2D eigenvalue weighted by Gasteiger charge is -2.33. The van der Waals surface area contributed by atoms with Crippen LogP contribution < -0.4 is 0 Å². The first kappa shape index (κ1) is 14.1. The van der Waals surface area contributed by atoms with Gasteiger partial charge < -0.3 is 19.6 Å². The number of hydrogen-bond donors (Lipinski definition) is 1. The van der Waals surface area contributed by atoms with Crippen LogP contribution in [0.5, 0.6) is 0 Å². The average molecular weight is 270 g/mol. The fraction of sp³-hybridized carbons (Fsp3) is 0.846. The second-order valence-electron chi connectivity index (χ2n) is 5.40. The Morgan fingerprint density at radius 3 is 2.53 bits per heavy atom. The summed E-state index contributed by atoms with van der Waals surface area (Å²) < 4.78 is 5.52. The number of carboxylic acids is 1. The molecule has 2 saturated heterocycles. The molecule has 108 valence electrons. The van der Waals surface area contributed by atoms with Crippen molar-refractivity contribution in [2.24, 2.45) is 5.92 Å². The Hall–Kier alpha value is -1.30. The second-order valence-corrected chi connectivity index (χ2v) is 5.40. The molecule has 6 heteroatoms. The highest BCUT2D eigenvalue weighted by molar-refractivity contribution is 5.75. The number of rotatable bonds is 3. The van der Waals surface area contributed by atoms with Crippen LogP contribution >= 0.6 is 0 Å². The van der Waals surface area contributed by atoms with E-state index < -0.39 is 5.97 Å². The van der Waals surface area contributed by atoms with Gasteiger partial charge in [-0.05, 0) is 25.7 Å². The van der Waals surface area contributed by atoms with Gasteiger partial charge in [0.15, 0.2) is 0 Å². The largest absolute Gasteiger partial charge is 0.481 e. The summed E-state index contributed by atoms with van der Waals surface area (Å²) in [5.41, 5.74) is 0. The first-order valence-corrected chi connectivity index (χ1v) is 6.92. The van der Waals surface area contributed by atoms with E-state index in [4.69, 9.17) is 9.84 Å². The highest BCUT2D eigenvalue weighted by atomic mass is 16.5. The number of aliphatic carboxylic acids is 1. The van der Waals surface area contributed by atoms with Crippen molar-refractivity contribution in [2.45, 2.75) is 31.8 Å². The minimum Gasteiger partial charge on any atom is -0.481 e. The van der Waals surface area contributed by atoms with Gasteiger partial charge >= 0.3 is 12.0 Å². The van der Waals surface area contributed by atoms with Gasteiger partial charge in [0, 0.05) is 33.3 Å². The third kappa shape index (κ3) is 3.59. The Kier molecular flexibility index (Phi) is 4.63. The lowest BCUT2D eigenvalue weighted by molar-refractivity contribution is -0.143. The molecule has 2 amide bonds. The van der Waals surface area contributed by atoms with E-state index >= 15 is 0 Å². The molecule has 0 spiro atoms. The molecule has 2 aliphatic heterocycles. The van der Waals surface area contributed by atoms with Crippen LogP contribution in [0.2, 0.25) is 0 Å². The van der Waals surface area contributed by atoms with E-state index in [1.54, 1.807) is 16.8 Å². The lowest BCUT2D eigenvalue weighted by atomic mass is 9.97. The van der Waals surface area contributed by atoms with Crippen LogP contribution in [0.4, 0.5) is 4.79 Å². The summed E-state index contributed by atoms with van der Waals surface area (Å²) in [7, 11) is 1.79. The maximum absolute atomic E-state index is 12.2. The molecule has 0 radical (unpaired) electrons. The molecule has 1 atom stereocenters. The summed E-state index contributed by atoms with van der Waals surface area (Å²) >= 11 is 0. The smallest absolute Gasteiger partial charge is 0.319 e. The standard InChI is InChI=1S/C13H22N2O4/c1-14(9-11-3-2-8-19-11)13(18)15-6-4-10(5-7-15)12(16)17/h10-11H,2-9H2,1H3,(H,16,17). The number of hydrogen-bond acceptors (Lipinski definition) is 3. The summed E-state index contributed by atoms with van der Waals surface area (Å²) in [4.78, 5) is 26.5. The van der Waals surface area contributed by atoms with Crippen molar-refractivity contribution in [3.8, 4) is 0 Å². The fourth-order valence-electron chi connectivity index (χ4n) is 2.73. The number of likely N-dealkylation sites (tertiary alicyclic amines) is 1. The van der Waals surface area contributed by atoms with Crippen LogP contribution in [0.1, 0.15) is 25.7 Å². The van der Waals surface area contributed by atoms with Crippen LogP contribution in [-0.2, 0) is 9.53 Å². The summed E-state index contributed by atoms with van der Waals surface area (Å²) in [5.74, 6) is -1.05. The van der Waals surface area contributed by atoms with Gasteiger partial charge in [-0.2, -0.15) is 0 Å². The molecule has 0 aliphatic carbocycles. The number of amides is 2. The van der Waals surface area contributed by atoms with E-state index in [9.17, 15) is 9.59 Å².